The van der Waals surface area contributed by atoms with Gasteiger partial charge < -0.3 is 14.6 Å². The van der Waals surface area contributed by atoms with Gasteiger partial charge in [0.1, 0.15) is 12.7 Å². The van der Waals surface area contributed by atoms with Crippen molar-refractivity contribution in [2.24, 2.45) is 0 Å². The van der Waals surface area contributed by atoms with E-state index in [9.17, 15) is 0 Å². The first-order chi connectivity index (χ1) is 12.8. The SMILES string of the molecule is COc1nc2ccccc2cc1CNc1cccc(Cn2cnnc2)c1. The number of para-hydroxylation sites is 1. The molecule has 4 aromatic rings. The Hall–Kier alpha value is -3.41. The second-order valence-electron chi connectivity index (χ2n) is 6.04. The van der Waals surface area contributed by atoms with Crippen molar-refractivity contribution < 1.29 is 4.74 Å². The summed E-state index contributed by atoms with van der Waals surface area (Å²) in [5, 5.41) is 12.2. The molecule has 4 rings (SSSR count). The van der Waals surface area contributed by atoms with Crippen LogP contribution in [0.2, 0.25) is 0 Å². The molecule has 26 heavy (non-hydrogen) atoms. The summed E-state index contributed by atoms with van der Waals surface area (Å²) in [6, 6.07) is 18.5. The molecule has 6 heteroatoms. The van der Waals surface area contributed by atoms with Crippen molar-refractivity contribution in [2.45, 2.75) is 13.1 Å². The largest absolute Gasteiger partial charge is 0.481 e. The monoisotopic (exact) mass is 345 g/mol. The van der Waals surface area contributed by atoms with Crippen molar-refractivity contribution in [3.05, 3.63) is 78.4 Å². The Morgan fingerprint density at radius 2 is 1.85 bits per heavy atom. The highest BCUT2D eigenvalue weighted by atomic mass is 16.5. The van der Waals surface area contributed by atoms with Gasteiger partial charge in [0, 0.05) is 23.2 Å². The van der Waals surface area contributed by atoms with E-state index in [2.05, 4.69) is 50.8 Å². The van der Waals surface area contributed by atoms with Gasteiger partial charge in [0.05, 0.1) is 19.2 Å². The third-order valence-electron chi connectivity index (χ3n) is 4.20. The molecule has 2 heterocycles. The number of nitrogens with zero attached hydrogens (tertiary/aromatic N) is 4. The highest BCUT2D eigenvalue weighted by molar-refractivity contribution is 5.80. The van der Waals surface area contributed by atoms with Gasteiger partial charge in [0.2, 0.25) is 5.88 Å². The molecule has 1 N–H and O–H groups in total. The third-order valence-corrected chi connectivity index (χ3v) is 4.20. The van der Waals surface area contributed by atoms with Crippen LogP contribution in [-0.2, 0) is 13.1 Å². The van der Waals surface area contributed by atoms with E-state index in [-0.39, 0.29) is 0 Å². The second kappa shape index (κ2) is 7.23. The molecule has 0 aliphatic heterocycles. The molecule has 0 unspecified atom stereocenters. The molecule has 0 atom stereocenters. The Kier molecular flexibility index (Phi) is 4.47. The van der Waals surface area contributed by atoms with Crippen LogP contribution in [0, 0.1) is 0 Å². The Bertz CT molecular complexity index is 1010. The highest BCUT2D eigenvalue weighted by Crippen LogP contribution is 2.23. The van der Waals surface area contributed by atoms with Crippen molar-refractivity contribution in [3.63, 3.8) is 0 Å². The lowest BCUT2D eigenvalue weighted by atomic mass is 10.1. The number of ether oxygens (including phenoxy) is 1. The molecule has 0 fully saturated rings. The summed E-state index contributed by atoms with van der Waals surface area (Å²) in [4.78, 5) is 4.59. The number of anilines is 1. The molecule has 0 aliphatic carbocycles. The quantitative estimate of drug-likeness (QED) is 0.579. The van der Waals surface area contributed by atoms with E-state index in [0.717, 1.165) is 28.7 Å². The maximum atomic E-state index is 5.47. The molecule has 0 bridgehead atoms. The highest BCUT2D eigenvalue weighted by Gasteiger charge is 2.07. The van der Waals surface area contributed by atoms with Crippen LogP contribution in [0.5, 0.6) is 5.88 Å². The number of hydrogen-bond acceptors (Lipinski definition) is 5. The number of hydrogen-bond donors (Lipinski definition) is 1. The van der Waals surface area contributed by atoms with Gasteiger partial charge >= 0.3 is 0 Å². The van der Waals surface area contributed by atoms with Gasteiger partial charge in [-0.15, -0.1) is 10.2 Å². The van der Waals surface area contributed by atoms with Crippen LogP contribution < -0.4 is 10.1 Å². The lowest BCUT2D eigenvalue weighted by Gasteiger charge is -2.12. The smallest absolute Gasteiger partial charge is 0.218 e. The molecule has 2 aromatic heterocycles. The minimum atomic E-state index is 0.636. The van der Waals surface area contributed by atoms with Crippen LogP contribution in [0.15, 0.2) is 67.3 Å². The fourth-order valence-electron chi connectivity index (χ4n) is 2.94. The molecule has 2 aromatic carbocycles. The predicted molar refractivity (Wildman–Crippen MR) is 101 cm³/mol. The topological polar surface area (TPSA) is 64.9 Å². The molecule has 0 radical (unpaired) electrons. The summed E-state index contributed by atoms with van der Waals surface area (Å²) >= 11 is 0. The number of aromatic nitrogens is 4. The number of benzene rings is 2. The first-order valence-corrected chi connectivity index (χ1v) is 8.40. The fraction of sp³-hybridized carbons (Fsp3) is 0.150. The summed E-state index contributed by atoms with van der Waals surface area (Å²) < 4.78 is 7.41. The van der Waals surface area contributed by atoms with Crippen LogP contribution in [0.1, 0.15) is 11.1 Å². The summed E-state index contributed by atoms with van der Waals surface area (Å²) in [6.45, 7) is 1.38. The Labute approximate surface area is 151 Å². The van der Waals surface area contributed by atoms with Crippen molar-refractivity contribution >= 4 is 16.6 Å². The van der Waals surface area contributed by atoms with E-state index >= 15 is 0 Å². The molecule has 0 amide bonds. The zero-order valence-corrected chi connectivity index (χ0v) is 14.5. The maximum absolute atomic E-state index is 5.47. The van der Waals surface area contributed by atoms with Crippen LogP contribution >= 0.6 is 0 Å². The lowest BCUT2D eigenvalue weighted by molar-refractivity contribution is 0.395. The molecule has 130 valence electrons. The number of fused-ring (bicyclic) bond motifs is 1. The van der Waals surface area contributed by atoms with Crippen molar-refractivity contribution in [2.75, 3.05) is 12.4 Å². The summed E-state index contributed by atoms with van der Waals surface area (Å²) in [7, 11) is 1.65. The Morgan fingerprint density at radius 1 is 1.00 bits per heavy atom. The van der Waals surface area contributed by atoms with Crippen molar-refractivity contribution in [1.82, 2.24) is 19.7 Å². The predicted octanol–water partition coefficient (Wildman–Crippen LogP) is 3.50. The molecule has 0 spiro atoms. The summed E-state index contributed by atoms with van der Waals surface area (Å²) in [5.74, 6) is 0.650. The number of rotatable bonds is 6. The molecular formula is C20H19N5O. The molecule has 0 saturated heterocycles. The zero-order valence-electron chi connectivity index (χ0n) is 14.5. The van der Waals surface area contributed by atoms with E-state index in [4.69, 9.17) is 4.74 Å². The molecule has 0 aliphatic rings. The van der Waals surface area contributed by atoms with Gasteiger partial charge in [-0.2, -0.15) is 0 Å². The zero-order chi connectivity index (χ0) is 17.8. The van der Waals surface area contributed by atoms with Gasteiger partial charge in [-0.1, -0.05) is 30.3 Å². The fourth-order valence-corrected chi connectivity index (χ4v) is 2.94. The molecular weight excluding hydrogens is 326 g/mol. The number of methoxy groups -OCH3 is 1. The van der Waals surface area contributed by atoms with Crippen LogP contribution in [-0.4, -0.2) is 26.9 Å². The van der Waals surface area contributed by atoms with Gasteiger partial charge in [0.15, 0.2) is 0 Å². The molecule has 6 nitrogen and oxygen atoms in total. The number of nitrogens with one attached hydrogen (secondary N) is 1. The minimum Gasteiger partial charge on any atom is -0.481 e. The van der Waals surface area contributed by atoms with Gasteiger partial charge in [-0.3, -0.25) is 0 Å². The standard InChI is InChI=1S/C20H19N5O/c1-26-20-17(10-16-6-2-3-8-19(16)24-20)11-21-18-7-4-5-15(9-18)12-25-13-22-23-14-25/h2-10,13-14,21H,11-12H2,1H3. The van der Waals surface area contributed by atoms with Gasteiger partial charge in [0.25, 0.3) is 0 Å². The van der Waals surface area contributed by atoms with Gasteiger partial charge in [-0.05, 0) is 29.8 Å². The van der Waals surface area contributed by atoms with Crippen molar-refractivity contribution in [3.8, 4) is 5.88 Å². The minimum absolute atomic E-state index is 0.636. The van der Waals surface area contributed by atoms with Crippen LogP contribution in [0.25, 0.3) is 10.9 Å². The first-order valence-electron chi connectivity index (χ1n) is 8.40. The van der Waals surface area contributed by atoms with Crippen molar-refractivity contribution in [1.29, 1.82) is 0 Å². The van der Waals surface area contributed by atoms with E-state index in [1.165, 1.54) is 5.56 Å². The van der Waals surface area contributed by atoms with E-state index in [1.807, 2.05) is 28.8 Å². The summed E-state index contributed by atoms with van der Waals surface area (Å²) in [6.07, 6.45) is 3.43. The molecule has 0 saturated carbocycles. The normalized spacial score (nSPS) is 10.8. The van der Waals surface area contributed by atoms with E-state index in [0.29, 0.717) is 12.4 Å². The summed E-state index contributed by atoms with van der Waals surface area (Å²) in [5.41, 5.74) is 4.18. The van der Waals surface area contributed by atoms with Crippen LogP contribution in [0.3, 0.4) is 0 Å². The Balaban J connectivity index is 1.52. The lowest BCUT2D eigenvalue weighted by Crippen LogP contribution is -2.04. The van der Waals surface area contributed by atoms with E-state index < -0.39 is 0 Å². The third kappa shape index (κ3) is 3.49. The van der Waals surface area contributed by atoms with Gasteiger partial charge in [-0.25, -0.2) is 4.98 Å². The average molecular weight is 345 g/mol. The number of pyridine rings is 1. The average Bonchev–Trinajstić information content (AvgIpc) is 3.19. The first kappa shape index (κ1) is 16.1. The second-order valence-corrected chi connectivity index (χ2v) is 6.04. The van der Waals surface area contributed by atoms with Crippen LogP contribution in [0.4, 0.5) is 5.69 Å². The Morgan fingerprint density at radius 3 is 2.69 bits per heavy atom. The van der Waals surface area contributed by atoms with E-state index in [1.54, 1.807) is 19.8 Å². The maximum Gasteiger partial charge on any atom is 0.218 e.